The average Bonchev–Trinajstić information content (AvgIpc) is 2.52. The third kappa shape index (κ3) is 4.04. The van der Waals surface area contributed by atoms with E-state index >= 15 is 0 Å². The van der Waals surface area contributed by atoms with E-state index in [4.69, 9.17) is 22.2 Å². The second kappa shape index (κ2) is 6.89. The van der Waals surface area contributed by atoms with Gasteiger partial charge in [0.15, 0.2) is 5.84 Å². The highest BCUT2D eigenvalue weighted by Gasteiger charge is 2.22. The van der Waals surface area contributed by atoms with Gasteiger partial charge in [-0.25, -0.2) is 4.79 Å². The predicted octanol–water partition coefficient (Wildman–Crippen LogP) is 3.03. The van der Waals surface area contributed by atoms with Gasteiger partial charge in [-0.1, -0.05) is 40.5 Å². The molecule has 2 N–H and O–H groups in total. The highest BCUT2D eigenvalue weighted by molar-refractivity contribution is 6.31. The molecule has 0 heterocycles. The zero-order chi connectivity index (χ0) is 17.0. The second-order valence-corrected chi connectivity index (χ2v) is 5.08. The second-order valence-electron chi connectivity index (χ2n) is 4.64. The summed E-state index contributed by atoms with van der Waals surface area (Å²) in [4.78, 5) is 26.9. The van der Waals surface area contributed by atoms with E-state index in [1.54, 1.807) is 18.2 Å². The van der Waals surface area contributed by atoms with E-state index in [0.29, 0.717) is 5.56 Å². The molecule has 0 atom stereocenters. The number of benzene rings is 2. The molecule has 8 heteroatoms. The minimum absolute atomic E-state index is 0.0151. The molecule has 0 radical (unpaired) electrons. The summed E-state index contributed by atoms with van der Waals surface area (Å²) in [5.41, 5.74) is 6.53. The summed E-state index contributed by atoms with van der Waals surface area (Å²) in [5.74, 6) is -1.01. The van der Waals surface area contributed by atoms with Crippen molar-refractivity contribution in [1.29, 1.82) is 0 Å². The Kier molecular flexibility index (Phi) is 4.92. The lowest BCUT2D eigenvalue weighted by Gasteiger charge is -2.03. The highest BCUT2D eigenvalue weighted by atomic mass is 35.5. The van der Waals surface area contributed by atoms with Gasteiger partial charge in [-0.05, 0) is 25.1 Å². The number of carbonyl (C=O) groups is 1. The lowest BCUT2D eigenvalue weighted by molar-refractivity contribution is -0.385. The first-order valence-corrected chi connectivity index (χ1v) is 6.82. The Hall–Kier alpha value is -2.93. The topological polar surface area (TPSA) is 108 Å². The lowest BCUT2D eigenvalue weighted by Crippen LogP contribution is -2.15. The number of nitrogens with two attached hydrogens (primary N) is 1. The third-order valence-electron chi connectivity index (χ3n) is 2.92. The van der Waals surface area contributed by atoms with Crippen LogP contribution in [0.25, 0.3) is 0 Å². The molecule has 0 bridgehead atoms. The summed E-state index contributed by atoms with van der Waals surface area (Å²) >= 11 is 5.68. The zero-order valence-electron chi connectivity index (χ0n) is 12.0. The molecular weight excluding hydrogens is 322 g/mol. The van der Waals surface area contributed by atoms with E-state index in [0.717, 1.165) is 11.6 Å². The fourth-order valence-corrected chi connectivity index (χ4v) is 1.99. The van der Waals surface area contributed by atoms with Gasteiger partial charge in [-0.15, -0.1) is 0 Å². The molecule has 0 spiro atoms. The van der Waals surface area contributed by atoms with Gasteiger partial charge >= 0.3 is 5.97 Å². The number of carbonyl (C=O) groups excluding carboxylic acids is 1. The average molecular weight is 334 g/mol. The minimum Gasteiger partial charge on any atom is -0.380 e. The molecule has 0 aliphatic rings. The number of halogens is 1. The van der Waals surface area contributed by atoms with Gasteiger partial charge in [0.2, 0.25) is 0 Å². The molecular formula is C15H12ClN3O4. The monoisotopic (exact) mass is 333 g/mol. The fourth-order valence-electron chi connectivity index (χ4n) is 1.83. The van der Waals surface area contributed by atoms with Crippen LogP contribution in [0.15, 0.2) is 47.6 Å². The van der Waals surface area contributed by atoms with Crippen molar-refractivity contribution in [3.63, 3.8) is 0 Å². The lowest BCUT2D eigenvalue weighted by atomic mass is 10.1. The van der Waals surface area contributed by atoms with E-state index in [2.05, 4.69) is 5.16 Å². The van der Waals surface area contributed by atoms with Crippen molar-refractivity contribution < 1.29 is 14.6 Å². The maximum absolute atomic E-state index is 12.0. The van der Waals surface area contributed by atoms with E-state index in [1.807, 2.05) is 13.0 Å². The number of nitrogens with zero attached hydrogens (tertiary/aromatic N) is 2. The number of nitro benzene ring substituents is 1. The van der Waals surface area contributed by atoms with Crippen LogP contribution in [0, 0.1) is 17.0 Å². The number of aryl methyl sites for hydroxylation is 1. The molecule has 0 aromatic heterocycles. The Morgan fingerprint density at radius 2 is 2.04 bits per heavy atom. The Balaban J connectivity index is 2.23. The number of nitro groups is 1. The van der Waals surface area contributed by atoms with Crippen molar-refractivity contribution in [1.82, 2.24) is 0 Å². The number of rotatable bonds is 4. The standard InChI is InChI=1S/C15H12ClN3O4/c1-9-3-2-4-10(7-9)14(17)18-23-15(20)12-6-5-11(16)8-13(12)19(21)22/h2-8H,1H3,(H2,17,18). The van der Waals surface area contributed by atoms with E-state index in [-0.39, 0.29) is 16.4 Å². The van der Waals surface area contributed by atoms with Crippen LogP contribution in [0.2, 0.25) is 5.02 Å². The number of oxime groups is 1. The van der Waals surface area contributed by atoms with Crippen LogP contribution in [0.1, 0.15) is 21.5 Å². The van der Waals surface area contributed by atoms with Crippen molar-refractivity contribution >= 4 is 29.1 Å². The van der Waals surface area contributed by atoms with Crippen LogP contribution in [0.5, 0.6) is 0 Å². The maximum atomic E-state index is 12.0. The van der Waals surface area contributed by atoms with Gasteiger partial charge in [0.05, 0.1) is 4.92 Å². The third-order valence-corrected chi connectivity index (χ3v) is 3.15. The van der Waals surface area contributed by atoms with Crippen molar-refractivity contribution in [2.24, 2.45) is 10.9 Å². The Morgan fingerprint density at radius 3 is 2.70 bits per heavy atom. The first-order chi connectivity index (χ1) is 10.9. The van der Waals surface area contributed by atoms with Gasteiger partial charge in [-0.2, -0.15) is 0 Å². The van der Waals surface area contributed by atoms with Gasteiger partial charge in [0.25, 0.3) is 5.69 Å². The Morgan fingerprint density at radius 1 is 1.30 bits per heavy atom. The van der Waals surface area contributed by atoms with Crippen LogP contribution >= 0.6 is 11.6 Å². The predicted molar refractivity (Wildman–Crippen MR) is 85.4 cm³/mol. The van der Waals surface area contributed by atoms with Gasteiger partial charge in [0.1, 0.15) is 5.56 Å². The smallest absolute Gasteiger partial charge is 0.372 e. The molecule has 118 valence electrons. The molecule has 0 saturated heterocycles. The quantitative estimate of drug-likeness (QED) is 0.304. The molecule has 0 amide bonds. The Labute approximate surface area is 136 Å². The largest absolute Gasteiger partial charge is 0.380 e. The van der Waals surface area contributed by atoms with Crippen LogP contribution < -0.4 is 5.73 Å². The molecule has 0 fully saturated rings. The Bertz CT molecular complexity index is 805. The van der Waals surface area contributed by atoms with Crippen LogP contribution in [-0.4, -0.2) is 16.7 Å². The number of hydrogen-bond acceptors (Lipinski definition) is 5. The summed E-state index contributed by atoms with van der Waals surface area (Å²) in [6, 6.07) is 10.7. The fraction of sp³-hybridized carbons (Fsp3) is 0.0667. The van der Waals surface area contributed by atoms with Crippen molar-refractivity contribution in [3.8, 4) is 0 Å². The first kappa shape index (κ1) is 16.4. The minimum atomic E-state index is -0.996. The number of amidine groups is 1. The van der Waals surface area contributed by atoms with Crippen molar-refractivity contribution in [2.75, 3.05) is 0 Å². The molecule has 2 aromatic rings. The van der Waals surface area contributed by atoms with E-state index in [1.165, 1.54) is 12.1 Å². The molecule has 0 aliphatic carbocycles. The molecule has 7 nitrogen and oxygen atoms in total. The van der Waals surface area contributed by atoms with Crippen LogP contribution in [-0.2, 0) is 4.84 Å². The molecule has 2 rings (SSSR count). The van der Waals surface area contributed by atoms with Crippen LogP contribution in [0.4, 0.5) is 5.69 Å². The molecule has 0 saturated carbocycles. The molecule has 23 heavy (non-hydrogen) atoms. The van der Waals surface area contributed by atoms with Crippen molar-refractivity contribution in [3.05, 3.63) is 74.3 Å². The molecule has 0 aliphatic heterocycles. The summed E-state index contributed by atoms with van der Waals surface area (Å²) < 4.78 is 0. The zero-order valence-corrected chi connectivity index (χ0v) is 12.8. The molecule has 2 aromatic carbocycles. The first-order valence-electron chi connectivity index (χ1n) is 6.44. The highest BCUT2D eigenvalue weighted by Crippen LogP contribution is 2.24. The van der Waals surface area contributed by atoms with Crippen LogP contribution in [0.3, 0.4) is 0 Å². The van der Waals surface area contributed by atoms with E-state index in [9.17, 15) is 14.9 Å². The maximum Gasteiger partial charge on any atom is 0.372 e. The molecule has 0 unspecified atom stereocenters. The summed E-state index contributed by atoms with van der Waals surface area (Å²) in [5, 5.41) is 14.6. The summed E-state index contributed by atoms with van der Waals surface area (Å²) in [7, 11) is 0. The van der Waals surface area contributed by atoms with E-state index < -0.39 is 16.6 Å². The number of hydrogen-bond donors (Lipinski definition) is 1. The summed E-state index contributed by atoms with van der Waals surface area (Å²) in [6.45, 7) is 1.87. The SMILES string of the molecule is Cc1cccc(/C(N)=N/OC(=O)c2ccc(Cl)cc2[N+](=O)[O-])c1. The van der Waals surface area contributed by atoms with Crippen molar-refractivity contribution in [2.45, 2.75) is 6.92 Å². The van der Waals surface area contributed by atoms with Gasteiger partial charge in [-0.3, -0.25) is 10.1 Å². The van der Waals surface area contributed by atoms with Gasteiger partial charge in [0, 0.05) is 16.7 Å². The van der Waals surface area contributed by atoms with Gasteiger partial charge < -0.3 is 10.6 Å². The summed E-state index contributed by atoms with van der Waals surface area (Å²) in [6.07, 6.45) is 0. The normalized spacial score (nSPS) is 11.1.